The van der Waals surface area contributed by atoms with Crippen molar-refractivity contribution in [3.05, 3.63) is 52.0 Å². The molecular weight excluding hydrogens is 284 g/mol. The van der Waals surface area contributed by atoms with E-state index in [4.69, 9.17) is 0 Å². The second kappa shape index (κ2) is 5.95. The van der Waals surface area contributed by atoms with Crippen molar-refractivity contribution in [1.82, 2.24) is 10.3 Å². The van der Waals surface area contributed by atoms with Crippen molar-refractivity contribution in [1.29, 1.82) is 0 Å². The predicted octanol–water partition coefficient (Wildman–Crippen LogP) is 2.75. The fourth-order valence-electron chi connectivity index (χ4n) is 2.34. The lowest BCUT2D eigenvalue weighted by Gasteiger charge is -2.18. The van der Waals surface area contributed by atoms with Gasteiger partial charge in [0.2, 0.25) is 0 Å². The molecule has 1 aromatic heterocycles. The highest BCUT2D eigenvalue weighted by molar-refractivity contribution is 7.09. The van der Waals surface area contributed by atoms with Crippen LogP contribution in [0.2, 0.25) is 0 Å². The largest absolute Gasteiger partial charge is 0.378 e. The maximum Gasteiger partial charge on any atom is 0.254 e. The quantitative estimate of drug-likeness (QED) is 0.892. The summed E-state index contributed by atoms with van der Waals surface area (Å²) >= 11 is 1.57. The Labute approximate surface area is 127 Å². The Kier molecular flexibility index (Phi) is 4.03. The molecule has 1 amide bonds. The van der Waals surface area contributed by atoms with Crippen LogP contribution in [-0.4, -0.2) is 16.0 Å². The molecule has 2 atom stereocenters. The fourth-order valence-corrected chi connectivity index (χ4v) is 3.28. The molecule has 1 aliphatic rings. The Hall–Kier alpha value is -1.72. The lowest BCUT2D eigenvalue weighted by atomic mass is 10.1. The van der Waals surface area contributed by atoms with Crippen LogP contribution in [-0.2, 0) is 4.79 Å². The second-order valence-electron chi connectivity index (χ2n) is 5.46. The van der Waals surface area contributed by atoms with Gasteiger partial charge in [0.05, 0.1) is 6.04 Å². The molecule has 2 aromatic rings. The van der Waals surface area contributed by atoms with Crippen LogP contribution in [0.25, 0.3) is 0 Å². The summed E-state index contributed by atoms with van der Waals surface area (Å²) in [5.74, 6) is 0.0911. The van der Waals surface area contributed by atoms with Crippen molar-refractivity contribution < 1.29 is 9.90 Å². The third kappa shape index (κ3) is 3.31. The molecule has 0 aliphatic heterocycles. The molecule has 2 N–H and O–H groups in total. The van der Waals surface area contributed by atoms with E-state index in [0.717, 1.165) is 23.5 Å². The number of carbonyl (C=O) groups excluding carboxylic acids is 1. The average molecular weight is 302 g/mol. The van der Waals surface area contributed by atoms with Crippen molar-refractivity contribution >= 4 is 17.2 Å². The van der Waals surface area contributed by atoms with Gasteiger partial charge in [-0.05, 0) is 31.2 Å². The summed E-state index contributed by atoms with van der Waals surface area (Å²) in [4.78, 5) is 16.8. The van der Waals surface area contributed by atoms with E-state index in [1.54, 1.807) is 23.5 Å². The number of carbonyl (C=O) groups is 1. The molecule has 0 radical (unpaired) electrons. The van der Waals surface area contributed by atoms with Crippen molar-refractivity contribution in [3.8, 4) is 0 Å². The minimum atomic E-state index is -1.13. The number of aliphatic hydroxyl groups is 1. The first-order valence-corrected chi connectivity index (χ1v) is 7.98. The first kappa shape index (κ1) is 14.2. The van der Waals surface area contributed by atoms with Gasteiger partial charge in [0.1, 0.15) is 5.01 Å². The van der Waals surface area contributed by atoms with Gasteiger partial charge in [-0.3, -0.25) is 4.79 Å². The molecule has 5 heteroatoms. The van der Waals surface area contributed by atoms with Gasteiger partial charge in [-0.15, -0.1) is 11.3 Å². The number of rotatable bonds is 5. The zero-order valence-corrected chi connectivity index (χ0v) is 12.6. The molecule has 2 unspecified atom stereocenters. The van der Waals surface area contributed by atoms with Gasteiger partial charge in [-0.25, -0.2) is 4.98 Å². The number of hydrogen-bond donors (Lipinski definition) is 2. The molecule has 1 aliphatic carbocycles. The molecule has 21 heavy (non-hydrogen) atoms. The van der Waals surface area contributed by atoms with Crippen LogP contribution < -0.4 is 5.32 Å². The van der Waals surface area contributed by atoms with E-state index in [1.807, 2.05) is 30.5 Å². The third-order valence-corrected chi connectivity index (χ3v) is 4.70. The molecule has 0 spiro atoms. The fraction of sp³-hybridized carbons (Fsp3) is 0.375. The monoisotopic (exact) mass is 302 g/mol. The summed E-state index contributed by atoms with van der Waals surface area (Å²) in [5, 5.41) is 16.1. The van der Waals surface area contributed by atoms with Crippen molar-refractivity contribution in [2.75, 3.05) is 0 Å². The SMILES string of the molecule is Cc1csc(C(NC(=O)C(O)c2ccccc2)C2CC2)n1. The Morgan fingerprint density at radius 3 is 2.67 bits per heavy atom. The van der Waals surface area contributed by atoms with Crippen LogP contribution in [0.5, 0.6) is 0 Å². The minimum Gasteiger partial charge on any atom is -0.378 e. The molecule has 3 rings (SSSR count). The third-order valence-electron chi connectivity index (χ3n) is 3.66. The van der Waals surface area contributed by atoms with Crippen molar-refractivity contribution in [2.45, 2.75) is 31.9 Å². The van der Waals surface area contributed by atoms with E-state index in [0.29, 0.717) is 11.5 Å². The zero-order chi connectivity index (χ0) is 14.8. The predicted molar refractivity (Wildman–Crippen MR) is 81.9 cm³/mol. The molecule has 0 bridgehead atoms. The number of hydrogen-bond acceptors (Lipinski definition) is 4. The van der Waals surface area contributed by atoms with Gasteiger partial charge in [0.15, 0.2) is 6.10 Å². The standard InChI is InChI=1S/C16H18N2O2S/c1-10-9-21-16(17-10)13(11-7-8-11)18-15(20)14(19)12-5-3-2-4-6-12/h2-6,9,11,13-14,19H,7-8H2,1H3,(H,18,20). The highest BCUT2D eigenvalue weighted by Crippen LogP contribution is 2.42. The Balaban J connectivity index is 1.72. The normalized spacial score (nSPS) is 17.2. The van der Waals surface area contributed by atoms with Gasteiger partial charge < -0.3 is 10.4 Å². The summed E-state index contributed by atoms with van der Waals surface area (Å²) in [6.45, 7) is 1.95. The number of benzene rings is 1. The van der Waals surface area contributed by atoms with Crippen LogP contribution in [0.15, 0.2) is 35.7 Å². The molecule has 0 saturated heterocycles. The number of aromatic nitrogens is 1. The van der Waals surface area contributed by atoms with Crippen LogP contribution in [0.4, 0.5) is 0 Å². The first-order chi connectivity index (χ1) is 10.1. The lowest BCUT2D eigenvalue weighted by molar-refractivity contribution is -0.130. The average Bonchev–Trinajstić information content (AvgIpc) is 3.26. The molecule has 110 valence electrons. The summed E-state index contributed by atoms with van der Waals surface area (Å²) in [7, 11) is 0. The van der Waals surface area contributed by atoms with E-state index in [1.165, 1.54) is 0 Å². The van der Waals surface area contributed by atoms with Gasteiger partial charge in [0.25, 0.3) is 5.91 Å². The number of nitrogens with one attached hydrogen (secondary N) is 1. The van der Waals surface area contributed by atoms with Gasteiger partial charge in [-0.1, -0.05) is 30.3 Å². The first-order valence-electron chi connectivity index (χ1n) is 7.10. The number of amides is 1. The van der Waals surface area contributed by atoms with E-state index >= 15 is 0 Å². The van der Waals surface area contributed by atoms with Gasteiger partial charge in [0, 0.05) is 11.1 Å². The van der Waals surface area contributed by atoms with E-state index < -0.39 is 6.10 Å². The smallest absolute Gasteiger partial charge is 0.254 e. The molecule has 1 saturated carbocycles. The van der Waals surface area contributed by atoms with Crippen molar-refractivity contribution in [2.24, 2.45) is 5.92 Å². The Morgan fingerprint density at radius 2 is 2.10 bits per heavy atom. The number of aliphatic hydroxyl groups excluding tert-OH is 1. The second-order valence-corrected chi connectivity index (χ2v) is 6.35. The Bertz CT molecular complexity index is 622. The highest BCUT2D eigenvalue weighted by atomic mass is 32.1. The highest BCUT2D eigenvalue weighted by Gasteiger charge is 2.36. The number of nitrogens with zero attached hydrogens (tertiary/aromatic N) is 1. The van der Waals surface area contributed by atoms with Gasteiger partial charge in [-0.2, -0.15) is 0 Å². The minimum absolute atomic E-state index is 0.0745. The zero-order valence-electron chi connectivity index (χ0n) is 11.8. The Morgan fingerprint density at radius 1 is 1.38 bits per heavy atom. The summed E-state index contributed by atoms with van der Waals surface area (Å²) in [6, 6.07) is 8.92. The number of thiazole rings is 1. The molecule has 1 fully saturated rings. The van der Waals surface area contributed by atoms with E-state index in [9.17, 15) is 9.90 Å². The van der Waals surface area contributed by atoms with E-state index in [-0.39, 0.29) is 11.9 Å². The van der Waals surface area contributed by atoms with Crippen LogP contribution in [0.3, 0.4) is 0 Å². The van der Waals surface area contributed by atoms with Crippen LogP contribution in [0, 0.1) is 12.8 Å². The van der Waals surface area contributed by atoms with E-state index in [2.05, 4.69) is 10.3 Å². The van der Waals surface area contributed by atoms with Gasteiger partial charge >= 0.3 is 0 Å². The maximum absolute atomic E-state index is 12.3. The molecule has 4 nitrogen and oxygen atoms in total. The molecule has 1 heterocycles. The van der Waals surface area contributed by atoms with Crippen LogP contribution >= 0.6 is 11.3 Å². The maximum atomic E-state index is 12.3. The van der Waals surface area contributed by atoms with Crippen molar-refractivity contribution in [3.63, 3.8) is 0 Å². The summed E-state index contributed by atoms with van der Waals surface area (Å²) in [6.07, 6.45) is 1.07. The topological polar surface area (TPSA) is 62.2 Å². The summed E-state index contributed by atoms with van der Waals surface area (Å²) < 4.78 is 0. The molecular formula is C16H18N2O2S. The lowest BCUT2D eigenvalue weighted by Crippen LogP contribution is -2.34. The molecule has 1 aromatic carbocycles. The summed E-state index contributed by atoms with van der Waals surface area (Å²) in [5.41, 5.74) is 1.58. The number of aryl methyl sites for hydroxylation is 1. The van der Waals surface area contributed by atoms with Crippen LogP contribution in [0.1, 0.15) is 41.3 Å².